The van der Waals surface area contributed by atoms with Crippen molar-refractivity contribution >= 4 is 95.3 Å². The minimum Gasteiger partial charge on any atom is -0.479 e. The summed E-state index contributed by atoms with van der Waals surface area (Å²) in [7, 11) is -6.21. The lowest BCUT2D eigenvalue weighted by Gasteiger charge is -2.34. The van der Waals surface area contributed by atoms with Gasteiger partial charge in [0.1, 0.15) is 67.5 Å². The molecule has 1 N–H and O–H groups in total. The van der Waals surface area contributed by atoms with Crippen molar-refractivity contribution in [3.63, 3.8) is 0 Å². The number of carbonyl (C=O) groups excluding carboxylic acids is 3. The molecule has 2 amide bonds. The van der Waals surface area contributed by atoms with Crippen molar-refractivity contribution in [1.29, 1.82) is 0 Å². The summed E-state index contributed by atoms with van der Waals surface area (Å²) in [4.78, 5) is 72.7. The molecule has 0 bridgehead atoms. The molecule has 4 aromatic rings. The second kappa shape index (κ2) is 26.1. The standard InChI is InChI=1S/C31H47ClN5O9P.C28H41ClN5O9P/c1-10-41-21(38)15-31(7,47(8,9)40)42-17-20-22-23(45-30(5,6)44-22)26(43-20)37-25-19(16-33-37)24(34-27(32)35-25)36(18-13-11-12-14-18)28(39)46-29(2,3)4;1-26(2,3)43-25(37)33(15-11-9-10-12-15)20-16-13-30-34(21(16)32-24(29)31-20)22-19-18(41-27(4,5)42-19)17(40-22)14-39-28(6,23(35)36)44(7,8)38/h16,18,20,22-23,26H,10-15,17H2,1-9H3;13,15,17-19,22H,9-12,14H2,1-8H3,(H,35,36)/t20-,22-,23-,26-,31?;17-,18-,19-,22-,28?/m11/s1. The third-order valence-corrected chi connectivity index (χ3v) is 22.3. The van der Waals surface area contributed by atoms with E-state index in [-0.39, 0.29) is 54.7 Å². The fraction of sp³-hybridized carbons (Fsp3) is 0.763. The number of amides is 2. The van der Waals surface area contributed by atoms with E-state index in [0.717, 1.165) is 51.4 Å². The van der Waals surface area contributed by atoms with E-state index in [1.807, 2.05) is 20.8 Å². The van der Waals surface area contributed by atoms with Crippen LogP contribution in [0.1, 0.15) is 160 Å². The van der Waals surface area contributed by atoms with Gasteiger partial charge in [0.15, 0.2) is 47.0 Å². The number of carboxylic acid groups (broad SMARTS) is 1. The fourth-order valence-electron chi connectivity index (χ4n) is 12.1. The van der Waals surface area contributed by atoms with Crippen LogP contribution in [-0.2, 0) is 70.8 Å². The van der Waals surface area contributed by atoms with Crippen LogP contribution in [0.4, 0.5) is 21.2 Å². The molecular weight excluding hydrogens is 1270 g/mol. The Morgan fingerprint density at radius 2 is 1.01 bits per heavy atom. The van der Waals surface area contributed by atoms with Gasteiger partial charge in [0.25, 0.3) is 0 Å². The lowest BCUT2D eigenvalue weighted by Crippen LogP contribution is -2.43. The van der Waals surface area contributed by atoms with E-state index in [9.17, 15) is 33.4 Å². The van der Waals surface area contributed by atoms with Crippen LogP contribution in [0.25, 0.3) is 22.1 Å². The first-order valence-electron chi connectivity index (χ1n) is 30.8. The van der Waals surface area contributed by atoms with E-state index in [1.165, 1.54) is 24.9 Å². The maximum atomic E-state index is 13.6. The molecule has 10 rings (SSSR count). The predicted octanol–water partition coefficient (Wildman–Crippen LogP) is 10.9. The minimum atomic E-state index is -3.24. The third kappa shape index (κ3) is 15.2. The smallest absolute Gasteiger partial charge is 0.416 e. The van der Waals surface area contributed by atoms with Crippen molar-refractivity contribution < 1.29 is 85.5 Å². The highest BCUT2D eigenvalue weighted by Gasteiger charge is 2.60. The molecule has 2 saturated carbocycles. The monoisotopic (exact) mass is 1360 g/mol. The first-order valence-corrected chi connectivity index (χ1v) is 36.7. The van der Waals surface area contributed by atoms with Crippen molar-refractivity contribution in [2.75, 3.05) is 56.3 Å². The van der Waals surface area contributed by atoms with E-state index < -0.39 is 121 Å². The maximum absolute atomic E-state index is 13.6. The Kier molecular flexibility index (Phi) is 20.3. The van der Waals surface area contributed by atoms with Gasteiger partial charge in [-0.1, -0.05) is 25.7 Å². The molecule has 0 radical (unpaired) electrons. The summed E-state index contributed by atoms with van der Waals surface area (Å²) in [6, 6.07) is -0.264. The Morgan fingerprint density at radius 1 is 0.626 bits per heavy atom. The highest BCUT2D eigenvalue weighted by atomic mass is 35.5. The highest BCUT2D eigenvalue weighted by molar-refractivity contribution is 7.64. The van der Waals surface area contributed by atoms with Gasteiger partial charge in [0.2, 0.25) is 15.9 Å². The molecule has 0 aromatic carbocycles. The molecule has 4 aromatic heterocycles. The van der Waals surface area contributed by atoms with Crippen molar-refractivity contribution in [3.8, 4) is 0 Å². The van der Waals surface area contributed by atoms with Gasteiger partial charge < -0.3 is 66.3 Å². The van der Waals surface area contributed by atoms with Crippen LogP contribution in [0.5, 0.6) is 0 Å². The first-order chi connectivity index (χ1) is 42.1. The summed E-state index contributed by atoms with van der Waals surface area (Å²) in [5, 5.41) is 16.6. The molecule has 4 aliphatic heterocycles. The van der Waals surface area contributed by atoms with Gasteiger partial charge in [-0.15, -0.1) is 0 Å². The van der Waals surface area contributed by atoms with Crippen LogP contribution in [0.3, 0.4) is 0 Å². The zero-order valence-corrected chi connectivity index (χ0v) is 58.2. The summed E-state index contributed by atoms with van der Waals surface area (Å²) in [6.45, 7) is 28.4. The average Bonchev–Trinajstić information content (AvgIpc) is 1.60. The van der Waals surface area contributed by atoms with E-state index in [0.29, 0.717) is 27.9 Å². The molecule has 506 valence electrons. The summed E-state index contributed by atoms with van der Waals surface area (Å²) < 4.78 is 95.8. The molecule has 4 saturated heterocycles. The number of fused-ring (bicyclic) bond motifs is 4. The zero-order chi connectivity index (χ0) is 66.9. The number of nitrogens with zero attached hydrogens (tertiary/aromatic N) is 10. The predicted molar refractivity (Wildman–Crippen MR) is 335 cm³/mol. The number of carboxylic acids is 1. The number of esters is 1. The van der Waals surface area contributed by atoms with Crippen LogP contribution in [0.2, 0.25) is 10.6 Å². The normalized spacial score (nSPS) is 26.4. The Hall–Kier alpha value is -4.70. The van der Waals surface area contributed by atoms with Crippen LogP contribution < -0.4 is 9.80 Å². The van der Waals surface area contributed by atoms with Gasteiger partial charge in [0, 0.05) is 12.1 Å². The Balaban J connectivity index is 0.000000216. The molecule has 6 aliphatic rings. The van der Waals surface area contributed by atoms with Gasteiger partial charge in [-0.2, -0.15) is 30.1 Å². The fourth-order valence-corrected chi connectivity index (χ4v) is 14.1. The number of anilines is 2. The number of carbonyl (C=O) groups is 4. The average molecular weight is 1360 g/mol. The van der Waals surface area contributed by atoms with Gasteiger partial charge in [0.05, 0.1) is 49.4 Å². The summed E-state index contributed by atoms with van der Waals surface area (Å²) >= 11 is 13.0. The number of rotatable bonds is 18. The van der Waals surface area contributed by atoms with Gasteiger partial charge in [-0.25, -0.2) is 23.7 Å². The number of hydrogen-bond acceptors (Lipinski definition) is 23. The molecule has 10 atom stereocenters. The van der Waals surface area contributed by atoms with Gasteiger partial charge >= 0.3 is 24.1 Å². The van der Waals surface area contributed by atoms with Gasteiger partial charge in [-0.3, -0.25) is 14.6 Å². The van der Waals surface area contributed by atoms with Crippen molar-refractivity contribution in [1.82, 2.24) is 39.5 Å². The number of halogens is 2. The Labute approximate surface area is 539 Å². The Morgan fingerprint density at radius 3 is 1.36 bits per heavy atom. The molecule has 91 heavy (non-hydrogen) atoms. The van der Waals surface area contributed by atoms with Crippen LogP contribution in [0, 0.1) is 0 Å². The summed E-state index contributed by atoms with van der Waals surface area (Å²) in [5.41, 5.74) is -0.818. The van der Waals surface area contributed by atoms with Crippen LogP contribution in [-0.4, -0.2) is 197 Å². The number of hydrogen-bond donors (Lipinski definition) is 1. The third-order valence-electron chi connectivity index (χ3n) is 17.0. The number of aromatic nitrogens is 8. The highest BCUT2D eigenvalue weighted by Crippen LogP contribution is 2.56. The molecule has 28 nitrogen and oxygen atoms in total. The Bertz CT molecular complexity index is 3460. The molecule has 2 aliphatic carbocycles. The molecular formula is C59H88Cl2N10O18P2. The van der Waals surface area contributed by atoms with Crippen molar-refractivity contribution in [2.24, 2.45) is 0 Å². The summed E-state index contributed by atoms with van der Waals surface area (Å²) in [6.07, 6.45) is 3.12. The minimum absolute atomic E-state index is 0.0486. The quantitative estimate of drug-likeness (QED) is 0.0419. The second-order valence-electron chi connectivity index (χ2n) is 27.9. The van der Waals surface area contributed by atoms with Crippen LogP contribution in [0.15, 0.2) is 12.4 Å². The number of aliphatic carboxylic acids is 1. The summed E-state index contributed by atoms with van der Waals surface area (Å²) in [5.74, 6) is -3.20. The molecule has 6 fully saturated rings. The van der Waals surface area contributed by atoms with Crippen molar-refractivity contribution in [3.05, 3.63) is 23.0 Å². The largest absolute Gasteiger partial charge is 0.479 e. The topological polar surface area (TPSA) is 318 Å². The van der Waals surface area contributed by atoms with E-state index in [1.54, 1.807) is 103 Å². The lowest BCUT2D eigenvalue weighted by atomic mass is 10.1. The zero-order valence-electron chi connectivity index (χ0n) is 54.9. The van der Waals surface area contributed by atoms with E-state index >= 15 is 0 Å². The molecule has 8 heterocycles. The molecule has 32 heteroatoms. The first kappa shape index (κ1) is 70.6. The van der Waals surface area contributed by atoms with Crippen molar-refractivity contribution in [2.45, 2.75) is 242 Å². The van der Waals surface area contributed by atoms with E-state index in [2.05, 4.69) is 30.1 Å². The molecule has 0 spiro atoms. The van der Waals surface area contributed by atoms with Crippen LogP contribution >= 0.6 is 37.5 Å². The second-order valence-corrected chi connectivity index (χ2v) is 35.8. The number of ether oxygens (including phenoxy) is 11. The van der Waals surface area contributed by atoms with Gasteiger partial charge in [-0.05, 0) is 166 Å². The maximum Gasteiger partial charge on any atom is 0.416 e. The SMILES string of the molecule is CC(C)(C)OC(=O)N(c1nc(Cl)nc2c1cnn2[C@@H]1O[C@H](COC(C)(C(=O)O)P(C)(C)=O)[C@H]2OC(C)(C)O[C@H]21)C1CCCC1.CCOC(=O)CC(C)(OC[C@H]1O[C@@H](n2ncc3c(N(C(=O)OC(C)(C)C)C4CCCC4)nc(Cl)nc32)[C@@H]2OC(C)(C)O[C@@H]21)P(C)(C)=O. The van der Waals surface area contributed by atoms with E-state index in [4.69, 9.17) is 75.3 Å². The molecule has 2 unspecified atom stereocenters. The lowest BCUT2D eigenvalue weighted by molar-refractivity contribution is -0.206.